The summed E-state index contributed by atoms with van der Waals surface area (Å²) in [5.41, 5.74) is 2.08. The van der Waals surface area contributed by atoms with Crippen LogP contribution in [0.4, 0.5) is 4.39 Å². The van der Waals surface area contributed by atoms with E-state index in [1.165, 1.54) is 12.1 Å². The first-order valence-electron chi connectivity index (χ1n) is 15.9. The van der Waals surface area contributed by atoms with Crippen LogP contribution in [0, 0.1) is 5.82 Å². The summed E-state index contributed by atoms with van der Waals surface area (Å²) >= 11 is 0. The van der Waals surface area contributed by atoms with Gasteiger partial charge in [-0.1, -0.05) is 84.9 Å². The lowest BCUT2D eigenvalue weighted by molar-refractivity contribution is -0.132. The lowest BCUT2D eigenvalue weighted by atomic mass is 10.0. The number of hydrogen-bond acceptors (Lipinski definition) is 4. The van der Waals surface area contributed by atoms with Crippen LogP contribution in [-0.4, -0.2) is 41.3 Å². The van der Waals surface area contributed by atoms with Crippen molar-refractivity contribution in [3.63, 3.8) is 0 Å². The van der Waals surface area contributed by atoms with Crippen LogP contribution in [0.15, 0.2) is 97.1 Å². The summed E-state index contributed by atoms with van der Waals surface area (Å²) < 4.78 is 13.7. The molecule has 0 bridgehead atoms. The van der Waals surface area contributed by atoms with Gasteiger partial charge in [-0.05, 0) is 73.2 Å². The molecule has 4 rings (SSSR count). The van der Waals surface area contributed by atoms with Crippen molar-refractivity contribution in [2.24, 2.45) is 0 Å². The van der Waals surface area contributed by atoms with E-state index in [2.05, 4.69) is 21.3 Å². The third-order valence-corrected chi connectivity index (χ3v) is 7.63. The van der Waals surface area contributed by atoms with Gasteiger partial charge in [0.25, 0.3) is 0 Å². The van der Waals surface area contributed by atoms with Crippen LogP contribution in [0.25, 0.3) is 10.8 Å². The van der Waals surface area contributed by atoms with Crippen molar-refractivity contribution in [3.8, 4) is 0 Å². The number of hydrogen-bond donors (Lipinski definition) is 4. The van der Waals surface area contributed by atoms with Gasteiger partial charge in [-0.2, -0.15) is 0 Å². The molecule has 4 aromatic rings. The van der Waals surface area contributed by atoms with Crippen LogP contribution in [0.1, 0.15) is 56.7 Å². The first-order chi connectivity index (χ1) is 22.5. The highest BCUT2D eigenvalue weighted by Gasteiger charge is 2.28. The molecule has 4 N–H and O–H groups in total. The van der Waals surface area contributed by atoms with Crippen LogP contribution in [0.2, 0.25) is 0 Å². The first-order valence-corrected chi connectivity index (χ1v) is 15.9. The number of halogens is 1. The van der Waals surface area contributed by atoms with E-state index in [4.69, 9.17) is 0 Å². The van der Waals surface area contributed by atoms with E-state index in [0.717, 1.165) is 21.9 Å². The van der Waals surface area contributed by atoms with E-state index < -0.39 is 35.3 Å². The van der Waals surface area contributed by atoms with Gasteiger partial charge in [0.1, 0.15) is 17.9 Å². The van der Waals surface area contributed by atoms with E-state index >= 15 is 0 Å². The van der Waals surface area contributed by atoms with Crippen molar-refractivity contribution in [2.75, 3.05) is 0 Å². The molecule has 0 saturated heterocycles. The quantitative estimate of drug-likeness (QED) is 0.153. The second-order valence-corrected chi connectivity index (χ2v) is 12.7. The standard InChI is InChI=1S/C38H43FN4O4/c1-38(2,3)43-35(45)23-21-32(41-34(44)22-18-26-10-5-4-6-11-26)37(47)42-33(24-27-16-19-30(39)20-17-27)36(46)40-25-29-14-9-13-28-12-7-8-15-31(28)29/h4-17,19-20,32-33H,18,21-25H2,1-3H3,(H,40,46)(H,41,44)(H,42,47)(H,43,45)/t32-,33-/m0/s1. The summed E-state index contributed by atoms with van der Waals surface area (Å²) in [4.78, 5) is 53.0. The Balaban J connectivity index is 1.50. The monoisotopic (exact) mass is 638 g/mol. The minimum Gasteiger partial charge on any atom is -0.352 e. The van der Waals surface area contributed by atoms with Crippen LogP contribution in [0.3, 0.4) is 0 Å². The van der Waals surface area contributed by atoms with E-state index in [1.807, 2.05) is 93.6 Å². The Morgan fingerprint density at radius 3 is 2.09 bits per heavy atom. The molecule has 0 fully saturated rings. The number of aryl methyl sites for hydroxylation is 1. The van der Waals surface area contributed by atoms with Crippen LogP contribution >= 0.6 is 0 Å². The molecule has 0 spiro atoms. The van der Waals surface area contributed by atoms with Crippen LogP contribution < -0.4 is 21.3 Å². The molecule has 47 heavy (non-hydrogen) atoms. The van der Waals surface area contributed by atoms with Crippen LogP contribution in [0.5, 0.6) is 0 Å². The Hall–Kier alpha value is -5.05. The Kier molecular flexibility index (Phi) is 12.2. The average molecular weight is 639 g/mol. The largest absolute Gasteiger partial charge is 0.352 e. The molecule has 4 amide bonds. The molecule has 0 heterocycles. The van der Waals surface area contributed by atoms with Crippen molar-refractivity contribution < 1.29 is 23.6 Å². The third kappa shape index (κ3) is 11.4. The molecule has 2 atom stereocenters. The number of rotatable bonds is 14. The lowest BCUT2D eigenvalue weighted by Crippen LogP contribution is -2.54. The molecule has 0 radical (unpaired) electrons. The summed E-state index contributed by atoms with van der Waals surface area (Å²) in [6, 6.07) is 26.8. The summed E-state index contributed by atoms with van der Waals surface area (Å²) in [5.74, 6) is -2.05. The highest BCUT2D eigenvalue weighted by Crippen LogP contribution is 2.18. The topological polar surface area (TPSA) is 116 Å². The fourth-order valence-corrected chi connectivity index (χ4v) is 5.28. The normalized spacial score (nSPS) is 12.5. The molecular formula is C38H43FN4O4. The SMILES string of the molecule is CC(C)(C)NC(=O)CC[C@H](NC(=O)CCc1ccccc1)C(=O)N[C@@H](Cc1ccc(F)cc1)C(=O)NCc1cccc2ccccc12. The fourth-order valence-electron chi connectivity index (χ4n) is 5.28. The van der Waals surface area contributed by atoms with Gasteiger partial charge in [-0.3, -0.25) is 19.2 Å². The van der Waals surface area contributed by atoms with Gasteiger partial charge in [0, 0.05) is 31.3 Å². The molecular weight excluding hydrogens is 595 g/mol. The van der Waals surface area contributed by atoms with Crippen molar-refractivity contribution in [1.82, 2.24) is 21.3 Å². The fraction of sp³-hybridized carbons (Fsp3) is 0.316. The van der Waals surface area contributed by atoms with Gasteiger partial charge in [0.05, 0.1) is 0 Å². The minimum absolute atomic E-state index is 0.00969. The zero-order valence-corrected chi connectivity index (χ0v) is 27.1. The van der Waals surface area contributed by atoms with E-state index in [1.54, 1.807) is 12.1 Å². The molecule has 4 aromatic carbocycles. The predicted molar refractivity (Wildman–Crippen MR) is 182 cm³/mol. The van der Waals surface area contributed by atoms with Crippen molar-refractivity contribution in [1.29, 1.82) is 0 Å². The number of amides is 4. The predicted octanol–water partition coefficient (Wildman–Crippen LogP) is 5.14. The number of fused-ring (bicyclic) bond motifs is 1. The van der Waals surface area contributed by atoms with Gasteiger partial charge >= 0.3 is 0 Å². The van der Waals surface area contributed by atoms with E-state index in [0.29, 0.717) is 12.0 Å². The number of nitrogens with one attached hydrogen (secondary N) is 4. The Bertz CT molecular complexity index is 1660. The zero-order chi connectivity index (χ0) is 33.8. The number of benzene rings is 4. The molecule has 0 aliphatic carbocycles. The van der Waals surface area contributed by atoms with Gasteiger partial charge in [-0.15, -0.1) is 0 Å². The lowest BCUT2D eigenvalue weighted by Gasteiger charge is -2.24. The Morgan fingerprint density at radius 1 is 0.681 bits per heavy atom. The van der Waals surface area contributed by atoms with Gasteiger partial charge in [-0.25, -0.2) is 4.39 Å². The van der Waals surface area contributed by atoms with Crippen LogP contribution in [-0.2, 0) is 38.6 Å². The highest BCUT2D eigenvalue weighted by atomic mass is 19.1. The van der Waals surface area contributed by atoms with Crippen molar-refractivity contribution >= 4 is 34.4 Å². The van der Waals surface area contributed by atoms with Crippen molar-refractivity contribution in [3.05, 3.63) is 120 Å². The smallest absolute Gasteiger partial charge is 0.243 e. The van der Waals surface area contributed by atoms with Gasteiger partial charge < -0.3 is 21.3 Å². The Morgan fingerprint density at radius 2 is 1.36 bits per heavy atom. The van der Waals surface area contributed by atoms with Gasteiger partial charge in [0.15, 0.2) is 0 Å². The molecule has 9 heteroatoms. The summed E-state index contributed by atoms with van der Waals surface area (Å²) in [7, 11) is 0. The van der Waals surface area contributed by atoms with Crippen molar-refractivity contribution in [2.45, 2.75) is 77.0 Å². The molecule has 0 aliphatic heterocycles. The molecule has 0 aliphatic rings. The molecule has 0 unspecified atom stereocenters. The van der Waals surface area contributed by atoms with E-state index in [-0.39, 0.29) is 44.0 Å². The van der Waals surface area contributed by atoms with E-state index in [9.17, 15) is 23.6 Å². The second kappa shape index (κ2) is 16.5. The number of carbonyl (C=O) groups is 4. The maximum atomic E-state index is 13.8. The number of carbonyl (C=O) groups excluding carboxylic acids is 4. The summed E-state index contributed by atoms with van der Waals surface area (Å²) in [6.45, 7) is 5.80. The maximum absolute atomic E-state index is 13.8. The summed E-state index contributed by atoms with van der Waals surface area (Å²) in [6.07, 6.45) is 0.740. The average Bonchev–Trinajstić information content (AvgIpc) is 3.04. The Labute approximate surface area is 275 Å². The summed E-state index contributed by atoms with van der Waals surface area (Å²) in [5, 5.41) is 13.5. The molecule has 0 saturated carbocycles. The highest BCUT2D eigenvalue weighted by molar-refractivity contribution is 5.93. The molecule has 246 valence electrons. The minimum atomic E-state index is -1.06. The second-order valence-electron chi connectivity index (χ2n) is 12.7. The van der Waals surface area contributed by atoms with Gasteiger partial charge in [0.2, 0.25) is 23.6 Å². The third-order valence-electron chi connectivity index (χ3n) is 7.63. The molecule has 0 aromatic heterocycles. The zero-order valence-electron chi connectivity index (χ0n) is 27.1. The maximum Gasteiger partial charge on any atom is 0.243 e. The first kappa shape index (κ1) is 34.8. The molecule has 8 nitrogen and oxygen atoms in total.